The van der Waals surface area contributed by atoms with Crippen molar-refractivity contribution < 1.29 is 9.90 Å². The highest BCUT2D eigenvalue weighted by molar-refractivity contribution is 5.79. The van der Waals surface area contributed by atoms with Crippen LogP contribution >= 0.6 is 0 Å². The molecule has 4 heteroatoms. The highest BCUT2D eigenvalue weighted by atomic mass is 16.3. The van der Waals surface area contributed by atoms with Crippen LogP contribution in [-0.2, 0) is 4.79 Å². The summed E-state index contributed by atoms with van der Waals surface area (Å²) in [5, 5.41) is 13.5. The lowest BCUT2D eigenvalue weighted by Gasteiger charge is -2.46. The third-order valence-electron chi connectivity index (χ3n) is 4.40. The number of anilines is 1. The van der Waals surface area contributed by atoms with Crippen LogP contribution in [-0.4, -0.2) is 41.1 Å². The summed E-state index contributed by atoms with van der Waals surface area (Å²) in [6.45, 7) is 3.89. The number of fused-ring (bicyclic) bond motifs is 1. The van der Waals surface area contributed by atoms with Gasteiger partial charge in [-0.3, -0.25) is 4.79 Å². The van der Waals surface area contributed by atoms with Gasteiger partial charge in [-0.1, -0.05) is 31.5 Å². The fourth-order valence-corrected chi connectivity index (χ4v) is 3.34. The van der Waals surface area contributed by atoms with Crippen LogP contribution in [0, 0.1) is 0 Å². The number of likely N-dealkylation sites (tertiary alicyclic amines) is 1. The predicted octanol–water partition coefficient (Wildman–Crippen LogP) is 1.96. The maximum absolute atomic E-state index is 12.3. The lowest BCUT2D eigenvalue weighted by atomic mass is 9.88. The van der Waals surface area contributed by atoms with Gasteiger partial charge in [0.05, 0.1) is 18.7 Å². The summed E-state index contributed by atoms with van der Waals surface area (Å²) in [7, 11) is 0. The number of hydrogen-bond donors (Lipinski definition) is 2. The molecule has 2 aliphatic rings. The molecule has 0 spiro atoms. The van der Waals surface area contributed by atoms with Gasteiger partial charge in [0.15, 0.2) is 0 Å². The fourth-order valence-electron chi connectivity index (χ4n) is 3.34. The summed E-state index contributed by atoms with van der Waals surface area (Å²) in [5.74, 6) is 0.424. The van der Waals surface area contributed by atoms with Crippen molar-refractivity contribution in [3.8, 4) is 0 Å². The molecule has 1 atom stereocenters. The van der Waals surface area contributed by atoms with Gasteiger partial charge in [0, 0.05) is 24.6 Å². The van der Waals surface area contributed by atoms with Crippen LogP contribution in [0.5, 0.6) is 0 Å². The molecule has 0 aliphatic carbocycles. The van der Waals surface area contributed by atoms with E-state index in [4.69, 9.17) is 0 Å². The Hall–Kier alpha value is -1.55. The molecule has 3 rings (SSSR count). The summed E-state index contributed by atoms with van der Waals surface area (Å²) < 4.78 is 0. The molecule has 20 heavy (non-hydrogen) atoms. The Morgan fingerprint density at radius 2 is 2.20 bits per heavy atom. The largest absolute Gasteiger partial charge is 0.386 e. The fraction of sp³-hybridized carbons (Fsp3) is 0.562. The van der Waals surface area contributed by atoms with Gasteiger partial charge >= 0.3 is 0 Å². The van der Waals surface area contributed by atoms with Gasteiger partial charge in [0.2, 0.25) is 5.91 Å². The molecule has 0 radical (unpaired) electrons. The first-order chi connectivity index (χ1) is 9.61. The lowest BCUT2D eigenvalue weighted by Crippen LogP contribution is -2.63. The number of hydrogen-bond acceptors (Lipinski definition) is 3. The second-order valence-electron chi connectivity index (χ2n) is 6.09. The Kier molecular flexibility index (Phi) is 3.42. The van der Waals surface area contributed by atoms with E-state index in [1.165, 1.54) is 5.56 Å². The van der Waals surface area contributed by atoms with Crippen LogP contribution in [0.1, 0.15) is 37.7 Å². The number of nitrogens with one attached hydrogen (secondary N) is 1. The zero-order chi connectivity index (χ0) is 14.2. The minimum Gasteiger partial charge on any atom is -0.386 e. The first-order valence-electron chi connectivity index (χ1n) is 7.44. The number of nitrogens with zero attached hydrogens (tertiary/aromatic N) is 1. The van der Waals surface area contributed by atoms with Gasteiger partial charge in [0.25, 0.3) is 0 Å². The minimum atomic E-state index is -0.629. The monoisotopic (exact) mass is 274 g/mol. The Balaban J connectivity index is 1.57. The van der Waals surface area contributed by atoms with Gasteiger partial charge in [-0.25, -0.2) is 0 Å². The topological polar surface area (TPSA) is 52.6 Å². The SMILES string of the molecule is CCCC1(O)CN(C(=O)CC2CNc3ccccc32)C1. The molecule has 1 aromatic rings. The second kappa shape index (κ2) is 5.09. The van der Waals surface area contributed by atoms with Crippen molar-refractivity contribution in [1.82, 2.24) is 4.90 Å². The van der Waals surface area contributed by atoms with E-state index in [-0.39, 0.29) is 11.8 Å². The lowest BCUT2D eigenvalue weighted by molar-refractivity contribution is -0.156. The number of para-hydroxylation sites is 1. The van der Waals surface area contributed by atoms with Gasteiger partial charge in [-0.05, 0) is 18.1 Å². The zero-order valence-electron chi connectivity index (χ0n) is 11.9. The molecule has 0 aromatic heterocycles. The molecule has 1 amide bonds. The molecule has 2 N–H and O–H groups in total. The average Bonchev–Trinajstić information content (AvgIpc) is 2.80. The molecule has 2 aliphatic heterocycles. The van der Waals surface area contributed by atoms with Crippen molar-refractivity contribution >= 4 is 11.6 Å². The maximum atomic E-state index is 12.3. The summed E-state index contributed by atoms with van der Waals surface area (Å²) >= 11 is 0. The molecule has 1 fully saturated rings. The van der Waals surface area contributed by atoms with Crippen LogP contribution in [0.25, 0.3) is 0 Å². The Bertz CT molecular complexity index is 509. The zero-order valence-corrected chi connectivity index (χ0v) is 11.9. The minimum absolute atomic E-state index is 0.161. The molecule has 0 bridgehead atoms. The third-order valence-corrected chi connectivity index (χ3v) is 4.40. The van der Waals surface area contributed by atoms with Crippen molar-refractivity contribution in [2.24, 2.45) is 0 Å². The smallest absolute Gasteiger partial charge is 0.223 e. The average molecular weight is 274 g/mol. The van der Waals surface area contributed by atoms with Crippen molar-refractivity contribution in [3.05, 3.63) is 29.8 Å². The van der Waals surface area contributed by atoms with Crippen LogP contribution in [0.15, 0.2) is 24.3 Å². The normalized spacial score (nSPS) is 22.9. The van der Waals surface area contributed by atoms with E-state index in [1.54, 1.807) is 4.90 Å². The van der Waals surface area contributed by atoms with Gasteiger partial charge in [-0.2, -0.15) is 0 Å². The quantitative estimate of drug-likeness (QED) is 0.882. The highest BCUT2D eigenvalue weighted by Crippen LogP contribution is 2.35. The van der Waals surface area contributed by atoms with E-state index in [1.807, 2.05) is 12.1 Å². The molecule has 1 aromatic carbocycles. The Morgan fingerprint density at radius 3 is 2.95 bits per heavy atom. The van der Waals surface area contributed by atoms with E-state index in [2.05, 4.69) is 24.4 Å². The van der Waals surface area contributed by atoms with Crippen LogP contribution in [0.3, 0.4) is 0 Å². The Labute approximate surface area is 119 Å². The number of aliphatic hydroxyl groups is 1. The molecule has 108 valence electrons. The highest BCUT2D eigenvalue weighted by Gasteiger charge is 2.43. The summed E-state index contributed by atoms with van der Waals surface area (Å²) in [6.07, 6.45) is 2.27. The van der Waals surface area contributed by atoms with Crippen molar-refractivity contribution in [2.45, 2.75) is 37.7 Å². The summed E-state index contributed by atoms with van der Waals surface area (Å²) in [6, 6.07) is 8.18. The van der Waals surface area contributed by atoms with Crippen molar-refractivity contribution in [1.29, 1.82) is 0 Å². The van der Waals surface area contributed by atoms with Gasteiger partial charge in [0.1, 0.15) is 0 Å². The first kappa shape index (κ1) is 13.4. The molecule has 1 unspecified atom stereocenters. The second-order valence-corrected chi connectivity index (χ2v) is 6.09. The standard InChI is InChI=1S/C16H22N2O2/c1-2-7-16(20)10-18(11-16)15(19)8-12-9-17-14-6-4-3-5-13(12)14/h3-6,12,17,20H,2,7-11H2,1H3. The van der Waals surface area contributed by atoms with Gasteiger partial charge in [-0.15, -0.1) is 0 Å². The van der Waals surface area contributed by atoms with Crippen LogP contribution in [0.4, 0.5) is 5.69 Å². The number of rotatable bonds is 4. The number of benzene rings is 1. The molecule has 1 saturated heterocycles. The van der Waals surface area contributed by atoms with E-state index in [0.29, 0.717) is 19.5 Å². The number of amides is 1. The Morgan fingerprint density at radius 1 is 1.45 bits per heavy atom. The summed E-state index contributed by atoms with van der Waals surface area (Å²) in [4.78, 5) is 14.1. The van der Waals surface area contributed by atoms with Crippen molar-refractivity contribution in [3.63, 3.8) is 0 Å². The van der Waals surface area contributed by atoms with E-state index >= 15 is 0 Å². The van der Waals surface area contributed by atoms with Crippen LogP contribution in [0.2, 0.25) is 0 Å². The molecular formula is C16H22N2O2. The number of carbonyl (C=O) groups excluding carboxylic acids is 1. The van der Waals surface area contributed by atoms with E-state index in [9.17, 15) is 9.90 Å². The first-order valence-corrected chi connectivity index (χ1v) is 7.44. The number of β-amino-alcohol motifs (C(OH)–C–C–N with tert-alkyl or cyclic N) is 1. The van der Waals surface area contributed by atoms with E-state index in [0.717, 1.165) is 25.1 Å². The van der Waals surface area contributed by atoms with Crippen molar-refractivity contribution in [2.75, 3.05) is 25.0 Å². The summed E-state index contributed by atoms with van der Waals surface area (Å²) in [5.41, 5.74) is 1.76. The number of carbonyl (C=O) groups is 1. The van der Waals surface area contributed by atoms with Gasteiger partial charge < -0.3 is 15.3 Å². The molecular weight excluding hydrogens is 252 g/mol. The molecule has 2 heterocycles. The third kappa shape index (κ3) is 2.40. The molecule has 0 saturated carbocycles. The van der Waals surface area contributed by atoms with Crippen LogP contribution < -0.4 is 5.32 Å². The maximum Gasteiger partial charge on any atom is 0.223 e. The van der Waals surface area contributed by atoms with E-state index < -0.39 is 5.60 Å². The molecule has 4 nitrogen and oxygen atoms in total. The predicted molar refractivity (Wildman–Crippen MR) is 78.7 cm³/mol.